The second-order valence-corrected chi connectivity index (χ2v) is 7.13. The molecular formula is C16H31N3O2. The van der Waals surface area contributed by atoms with Gasteiger partial charge in [-0.05, 0) is 32.2 Å². The average molecular weight is 297 g/mol. The minimum atomic E-state index is -0.229. The van der Waals surface area contributed by atoms with Crippen LogP contribution in [-0.2, 0) is 9.53 Å². The fourth-order valence-electron chi connectivity index (χ4n) is 3.28. The molecule has 5 heteroatoms. The highest BCUT2D eigenvalue weighted by molar-refractivity contribution is 5.82. The molecule has 2 aliphatic rings. The normalized spacial score (nSPS) is 28.8. The van der Waals surface area contributed by atoms with Crippen molar-refractivity contribution in [2.24, 2.45) is 11.3 Å². The van der Waals surface area contributed by atoms with Gasteiger partial charge in [0.2, 0.25) is 5.91 Å². The molecule has 2 N–H and O–H groups in total. The van der Waals surface area contributed by atoms with Gasteiger partial charge in [0, 0.05) is 32.2 Å². The Balaban J connectivity index is 1.87. The van der Waals surface area contributed by atoms with Crippen LogP contribution in [0, 0.1) is 11.3 Å². The van der Waals surface area contributed by atoms with Crippen molar-refractivity contribution in [1.82, 2.24) is 15.5 Å². The standard InChI is InChI=1S/C16H31N3O2/c1-13(2)10-14(19-6-8-21-9-7-19)11-18-15(20)16(3)4-5-17-12-16/h13-14,17H,4-12H2,1-3H3,(H,18,20). The fraction of sp³-hybridized carbons (Fsp3) is 0.938. The molecule has 21 heavy (non-hydrogen) atoms. The first-order chi connectivity index (χ1) is 10.0. The van der Waals surface area contributed by atoms with Gasteiger partial charge < -0.3 is 15.4 Å². The number of rotatable bonds is 6. The summed E-state index contributed by atoms with van der Waals surface area (Å²) in [6.07, 6.45) is 2.06. The zero-order valence-corrected chi connectivity index (χ0v) is 13.8. The van der Waals surface area contributed by atoms with Gasteiger partial charge in [0.25, 0.3) is 0 Å². The molecule has 2 saturated heterocycles. The van der Waals surface area contributed by atoms with Gasteiger partial charge in [-0.2, -0.15) is 0 Å². The van der Waals surface area contributed by atoms with E-state index in [9.17, 15) is 4.79 Å². The van der Waals surface area contributed by atoms with Crippen LogP contribution in [0.25, 0.3) is 0 Å². The number of amides is 1. The van der Waals surface area contributed by atoms with E-state index in [1.165, 1.54) is 0 Å². The number of carbonyl (C=O) groups excluding carboxylic acids is 1. The van der Waals surface area contributed by atoms with Crippen LogP contribution in [0.15, 0.2) is 0 Å². The van der Waals surface area contributed by atoms with Gasteiger partial charge in [-0.1, -0.05) is 13.8 Å². The van der Waals surface area contributed by atoms with E-state index in [2.05, 4.69) is 36.3 Å². The molecule has 2 fully saturated rings. The first-order valence-electron chi connectivity index (χ1n) is 8.32. The predicted molar refractivity (Wildman–Crippen MR) is 84.2 cm³/mol. The number of morpholine rings is 1. The van der Waals surface area contributed by atoms with Crippen LogP contribution in [-0.4, -0.2) is 62.8 Å². The summed E-state index contributed by atoms with van der Waals surface area (Å²) in [5.41, 5.74) is -0.229. The Hall–Kier alpha value is -0.650. The third-order valence-corrected chi connectivity index (χ3v) is 4.72. The van der Waals surface area contributed by atoms with Gasteiger partial charge in [0.15, 0.2) is 0 Å². The molecule has 0 radical (unpaired) electrons. The number of hydrogen-bond acceptors (Lipinski definition) is 4. The Labute approximate surface area is 128 Å². The summed E-state index contributed by atoms with van der Waals surface area (Å²) in [6, 6.07) is 0.427. The fourth-order valence-corrected chi connectivity index (χ4v) is 3.28. The highest BCUT2D eigenvalue weighted by atomic mass is 16.5. The Morgan fingerprint density at radius 2 is 2.10 bits per heavy atom. The molecule has 5 nitrogen and oxygen atoms in total. The molecule has 0 bridgehead atoms. The highest BCUT2D eigenvalue weighted by Crippen LogP contribution is 2.24. The van der Waals surface area contributed by atoms with Crippen molar-refractivity contribution in [3.05, 3.63) is 0 Å². The lowest BCUT2D eigenvalue weighted by Crippen LogP contribution is -2.51. The first kappa shape index (κ1) is 16.7. The number of hydrogen-bond donors (Lipinski definition) is 2. The molecule has 0 aliphatic carbocycles. The van der Waals surface area contributed by atoms with Gasteiger partial charge in [0.1, 0.15) is 0 Å². The van der Waals surface area contributed by atoms with E-state index in [1.54, 1.807) is 0 Å². The molecule has 0 aromatic rings. The van der Waals surface area contributed by atoms with Gasteiger partial charge in [-0.15, -0.1) is 0 Å². The molecule has 0 aromatic carbocycles. The maximum absolute atomic E-state index is 12.4. The topological polar surface area (TPSA) is 53.6 Å². The van der Waals surface area contributed by atoms with Crippen LogP contribution in [0.4, 0.5) is 0 Å². The van der Waals surface area contributed by atoms with Crippen molar-refractivity contribution >= 4 is 5.91 Å². The minimum Gasteiger partial charge on any atom is -0.379 e. The summed E-state index contributed by atoms with van der Waals surface area (Å²) < 4.78 is 5.44. The lowest BCUT2D eigenvalue weighted by molar-refractivity contribution is -0.129. The molecule has 0 saturated carbocycles. The van der Waals surface area contributed by atoms with Crippen molar-refractivity contribution < 1.29 is 9.53 Å². The molecule has 0 aromatic heterocycles. The summed E-state index contributed by atoms with van der Waals surface area (Å²) in [5, 5.41) is 6.50. The average Bonchev–Trinajstić information content (AvgIpc) is 2.92. The Morgan fingerprint density at radius 1 is 1.38 bits per heavy atom. The van der Waals surface area contributed by atoms with Crippen LogP contribution < -0.4 is 10.6 Å². The number of ether oxygens (including phenoxy) is 1. The number of nitrogens with one attached hydrogen (secondary N) is 2. The Kier molecular flexibility index (Phi) is 6.02. The molecule has 1 amide bonds. The Morgan fingerprint density at radius 3 is 2.67 bits per heavy atom. The van der Waals surface area contributed by atoms with E-state index in [4.69, 9.17) is 4.74 Å². The molecule has 122 valence electrons. The van der Waals surface area contributed by atoms with E-state index < -0.39 is 0 Å². The lowest BCUT2D eigenvalue weighted by Gasteiger charge is -2.36. The van der Waals surface area contributed by atoms with Gasteiger partial charge in [0.05, 0.1) is 18.6 Å². The summed E-state index contributed by atoms with van der Waals surface area (Å²) >= 11 is 0. The molecule has 2 aliphatic heterocycles. The van der Waals surface area contributed by atoms with Crippen molar-refractivity contribution in [3.8, 4) is 0 Å². The third kappa shape index (κ3) is 4.66. The molecular weight excluding hydrogens is 266 g/mol. The lowest BCUT2D eigenvalue weighted by atomic mass is 9.88. The van der Waals surface area contributed by atoms with Crippen molar-refractivity contribution in [3.63, 3.8) is 0 Å². The van der Waals surface area contributed by atoms with Crippen LogP contribution in [0.3, 0.4) is 0 Å². The van der Waals surface area contributed by atoms with Gasteiger partial charge in [-0.3, -0.25) is 9.69 Å². The van der Waals surface area contributed by atoms with E-state index in [1.807, 2.05) is 0 Å². The van der Waals surface area contributed by atoms with Gasteiger partial charge in [-0.25, -0.2) is 0 Å². The second kappa shape index (κ2) is 7.56. The van der Waals surface area contributed by atoms with E-state index in [0.717, 1.165) is 58.8 Å². The van der Waals surface area contributed by atoms with E-state index >= 15 is 0 Å². The molecule has 2 rings (SSSR count). The molecule has 2 atom stereocenters. The van der Waals surface area contributed by atoms with E-state index in [-0.39, 0.29) is 11.3 Å². The molecule has 2 unspecified atom stereocenters. The molecule has 0 spiro atoms. The first-order valence-corrected chi connectivity index (χ1v) is 8.32. The Bertz CT molecular complexity index is 334. The minimum absolute atomic E-state index is 0.203. The van der Waals surface area contributed by atoms with Crippen LogP contribution >= 0.6 is 0 Å². The van der Waals surface area contributed by atoms with Crippen LogP contribution in [0.5, 0.6) is 0 Å². The smallest absolute Gasteiger partial charge is 0.227 e. The van der Waals surface area contributed by atoms with Crippen molar-refractivity contribution in [2.45, 2.75) is 39.7 Å². The maximum atomic E-state index is 12.4. The van der Waals surface area contributed by atoms with Crippen molar-refractivity contribution in [1.29, 1.82) is 0 Å². The maximum Gasteiger partial charge on any atom is 0.227 e. The summed E-state index contributed by atoms with van der Waals surface area (Å²) in [4.78, 5) is 14.9. The van der Waals surface area contributed by atoms with Crippen LogP contribution in [0.1, 0.15) is 33.6 Å². The number of carbonyl (C=O) groups is 1. The largest absolute Gasteiger partial charge is 0.379 e. The van der Waals surface area contributed by atoms with Crippen LogP contribution in [0.2, 0.25) is 0 Å². The zero-order valence-electron chi connectivity index (χ0n) is 13.8. The predicted octanol–water partition coefficient (Wildman–Crippen LogP) is 0.849. The van der Waals surface area contributed by atoms with E-state index in [0.29, 0.717) is 12.0 Å². The summed E-state index contributed by atoms with van der Waals surface area (Å²) in [6.45, 7) is 12.6. The highest BCUT2D eigenvalue weighted by Gasteiger charge is 2.36. The van der Waals surface area contributed by atoms with Crippen molar-refractivity contribution in [2.75, 3.05) is 45.9 Å². The SMILES string of the molecule is CC(C)CC(CNC(=O)C1(C)CCNC1)N1CCOCC1. The third-order valence-electron chi connectivity index (χ3n) is 4.72. The summed E-state index contributed by atoms with van der Waals surface area (Å²) in [7, 11) is 0. The zero-order chi connectivity index (χ0) is 15.3. The second-order valence-electron chi connectivity index (χ2n) is 7.13. The van der Waals surface area contributed by atoms with Gasteiger partial charge >= 0.3 is 0 Å². The summed E-state index contributed by atoms with van der Waals surface area (Å²) in [5.74, 6) is 0.841. The number of nitrogens with zero attached hydrogens (tertiary/aromatic N) is 1. The monoisotopic (exact) mass is 297 g/mol. The quantitative estimate of drug-likeness (QED) is 0.763. The molecule has 2 heterocycles.